The summed E-state index contributed by atoms with van der Waals surface area (Å²) in [6, 6.07) is 12.7. The minimum absolute atomic E-state index is 0.108. The lowest BCUT2D eigenvalue weighted by Crippen LogP contribution is -2.23. The molecule has 1 nitrogen and oxygen atoms in total. The van der Waals surface area contributed by atoms with Crippen LogP contribution < -0.4 is 5.32 Å². The second-order valence-corrected chi connectivity index (χ2v) is 6.00. The molecule has 20 heavy (non-hydrogen) atoms. The first-order chi connectivity index (χ1) is 9.58. The van der Waals surface area contributed by atoms with Crippen LogP contribution in [0.4, 0.5) is 4.39 Å². The van der Waals surface area contributed by atoms with Gasteiger partial charge in [-0.1, -0.05) is 46.6 Å². The van der Waals surface area contributed by atoms with Gasteiger partial charge in [-0.15, -0.1) is 0 Å². The maximum absolute atomic E-state index is 13.3. The van der Waals surface area contributed by atoms with Crippen molar-refractivity contribution in [2.24, 2.45) is 0 Å². The predicted molar refractivity (Wildman–Crippen MR) is 85.7 cm³/mol. The molecule has 0 aromatic heterocycles. The zero-order chi connectivity index (χ0) is 14.5. The van der Waals surface area contributed by atoms with E-state index in [0.717, 1.165) is 28.6 Å². The van der Waals surface area contributed by atoms with Gasteiger partial charge < -0.3 is 5.32 Å². The molecule has 1 N–H and O–H groups in total. The lowest BCUT2D eigenvalue weighted by Gasteiger charge is -2.19. The lowest BCUT2D eigenvalue weighted by molar-refractivity contribution is 0.546. The van der Waals surface area contributed by atoms with E-state index in [1.165, 1.54) is 6.07 Å². The average molecular weight is 357 g/mol. The van der Waals surface area contributed by atoms with E-state index in [1.54, 1.807) is 12.1 Å². The predicted octanol–water partition coefficient (Wildman–Crippen LogP) is 5.13. The number of benzene rings is 2. The van der Waals surface area contributed by atoms with Crippen molar-refractivity contribution in [1.82, 2.24) is 5.32 Å². The summed E-state index contributed by atoms with van der Waals surface area (Å²) >= 11 is 9.56. The number of halogens is 3. The molecular weight excluding hydrogens is 341 g/mol. The Hall–Kier alpha value is -0.900. The summed E-state index contributed by atoms with van der Waals surface area (Å²) < 4.78 is 14.2. The number of hydrogen-bond acceptors (Lipinski definition) is 1. The third-order valence-corrected chi connectivity index (χ3v) is 3.74. The van der Waals surface area contributed by atoms with Gasteiger partial charge >= 0.3 is 0 Å². The van der Waals surface area contributed by atoms with Crippen LogP contribution in [0.15, 0.2) is 46.9 Å². The first kappa shape index (κ1) is 15.5. The van der Waals surface area contributed by atoms with E-state index in [1.807, 2.05) is 24.3 Å². The number of nitrogens with one attached hydrogen (secondary N) is 1. The minimum atomic E-state index is -0.204. The van der Waals surface area contributed by atoms with E-state index in [9.17, 15) is 4.39 Å². The highest BCUT2D eigenvalue weighted by Gasteiger charge is 2.13. The first-order valence-corrected chi connectivity index (χ1v) is 7.69. The fourth-order valence-corrected chi connectivity index (χ4v) is 3.12. The summed E-state index contributed by atoms with van der Waals surface area (Å²) in [5, 5.41) is 4.11. The Labute approximate surface area is 132 Å². The molecule has 1 unspecified atom stereocenters. The standard InChI is InChI=1S/C16H16BrClFN/c1-2-20-16(7-11-4-3-5-15(19)6-11)12-8-13(17)10-14(18)9-12/h3-6,8-10,16,20H,2,7H2,1H3. The summed E-state index contributed by atoms with van der Waals surface area (Å²) in [5.74, 6) is -0.204. The van der Waals surface area contributed by atoms with E-state index >= 15 is 0 Å². The van der Waals surface area contributed by atoms with Gasteiger partial charge in [0.25, 0.3) is 0 Å². The molecule has 1 atom stereocenters. The van der Waals surface area contributed by atoms with Crippen molar-refractivity contribution >= 4 is 27.5 Å². The van der Waals surface area contributed by atoms with Gasteiger partial charge in [0.2, 0.25) is 0 Å². The third-order valence-electron chi connectivity index (χ3n) is 3.07. The Balaban J connectivity index is 2.26. The molecule has 0 heterocycles. The summed E-state index contributed by atoms with van der Waals surface area (Å²) in [7, 11) is 0. The molecule has 4 heteroatoms. The van der Waals surface area contributed by atoms with Crippen LogP contribution in [-0.4, -0.2) is 6.54 Å². The second kappa shape index (κ2) is 7.21. The summed E-state index contributed by atoms with van der Waals surface area (Å²) in [5.41, 5.74) is 2.06. The Morgan fingerprint density at radius 2 is 2.05 bits per heavy atom. The van der Waals surface area contributed by atoms with Gasteiger partial charge in [0.05, 0.1) is 0 Å². The Bertz CT molecular complexity index is 568. The van der Waals surface area contributed by atoms with E-state index < -0.39 is 0 Å². The molecule has 2 rings (SSSR count). The number of rotatable bonds is 5. The SMILES string of the molecule is CCNC(Cc1cccc(F)c1)c1cc(Cl)cc(Br)c1. The highest BCUT2D eigenvalue weighted by Crippen LogP contribution is 2.26. The van der Waals surface area contributed by atoms with Crippen LogP contribution in [0.25, 0.3) is 0 Å². The molecule has 0 saturated carbocycles. The summed E-state index contributed by atoms with van der Waals surface area (Å²) in [6.45, 7) is 2.89. The van der Waals surface area contributed by atoms with Crippen molar-refractivity contribution in [3.8, 4) is 0 Å². The zero-order valence-corrected chi connectivity index (χ0v) is 13.5. The lowest BCUT2D eigenvalue weighted by atomic mass is 9.99. The monoisotopic (exact) mass is 355 g/mol. The molecule has 2 aromatic carbocycles. The molecule has 0 fully saturated rings. The van der Waals surface area contributed by atoms with Gasteiger partial charge in [-0.3, -0.25) is 0 Å². The van der Waals surface area contributed by atoms with Crippen molar-refractivity contribution in [1.29, 1.82) is 0 Å². The van der Waals surface area contributed by atoms with Crippen LogP contribution in [-0.2, 0) is 6.42 Å². The second-order valence-electron chi connectivity index (χ2n) is 4.65. The fourth-order valence-electron chi connectivity index (χ4n) is 2.23. The number of hydrogen-bond donors (Lipinski definition) is 1. The largest absolute Gasteiger partial charge is 0.310 e. The molecular formula is C16H16BrClFN. The van der Waals surface area contributed by atoms with Crippen molar-refractivity contribution in [3.63, 3.8) is 0 Å². The molecule has 106 valence electrons. The normalized spacial score (nSPS) is 12.4. The smallest absolute Gasteiger partial charge is 0.123 e. The quantitative estimate of drug-likeness (QED) is 0.782. The maximum Gasteiger partial charge on any atom is 0.123 e. The molecule has 0 bridgehead atoms. The zero-order valence-electron chi connectivity index (χ0n) is 11.2. The molecule has 2 aromatic rings. The fraction of sp³-hybridized carbons (Fsp3) is 0.250. The third kappa shape index (κ3) is 4.30. The maximum atomic E-state index is 13.3. The van der Waals surface area contributed by atoms with Crippen LogP contribution in [0.2, 0.25) is 5.02 Å². The summed E-state index contributed by atoms with van der Waals surface area (Å²) in [4.78, 5) is 0. The van der Waals surface area contributed by atoms with Gasteiger partial charge in [-0.05, 0) is 54.4 Å². The van der Waals surface area contributed by atoms with Gasteiger partial charge in [-0.2, -0.15) is 0 Å². The highest BCUT2D eigenvalue weighted by molar-refractivity contribution is 9.10. The Kier molecular flexibility index (Phi) is 5.58. The topological polar surface area (TPSA) is 12.0 Å². The van der Waals surface area contributed by atoms with Crippen LogP contribution in [0.5, 0.6) is 0 Å². The van der Waals surface area contributed by atoms with Crippen molar-refractivity contribution < 1.29 is 4.39 Å². The van der Waals surface area contributed by atoms with Crippen molar-refractivity contribution in [3.05, 3.63) is 68.9 Å². The van der Waals surface area contributed by atoms with Crippen LogP contribution >= 0.6 is 27.5 Å². The van der Waals surface area contributed by atoms with Crippen LogP contribution in [0.1, 0.15) is 24.1 Å². The van der Waals surface area contributed by atoms with Crippen LogP contribution in [0.3, 0.4) is 0 Å². The van der Waals surface area contributed by atoms with Crippen molar-refractivity contribution in [2.75, 3.05) is 6.54 Å². The molecule has 0 saturated heterocycles. The van der Waals surface area contributed by atoms with E-state index in [2.05, 4.69) is 28.2 Å². The molecule has 0 aliphatic rings. The Morgan fingerprint density at radius 3 is 2.70 bits per heavy atom. The average Bonchev–Trinajstić information content (AvgIpc) is 2.37. The Morgan fingerprint density at radius 1 is 1.25 bits per heavy atom. The van der Waals surface area contributed by atoms with Gasteiger partial charge in [0.1, 0.15) is 5.82 Å². The molecule has 0 aliphatic carbocycles. The van der Waals surface area contributed by atoms with E-state index in [0.29, 0.717) is 5.02 Å². The van der Waals surface area contributed by atoms with Crippen molar-refractivity contribution in [2.45, 2.75) is 19.4 Å². The number of likely N-dealkylation sites (N-methyl/N-ethyl adjacent to an activating group) is 1. The molecule has 0 spiro atoms. The van der Waals surface area contributed by atoms with E-state index in [-0.39, 0.29) is 11.9 Å². The van der Waals surface area contributed by atoms with Gasteiger partial charge in [-0.25, -0.2) is 4.39 Å². The highest BCUT2D eigenvalue weighted by atomic mass is 79.9. The molecule has 0 aliphatic heterocycles. The molecule has 0 radical (unpaired) electrons. The molecule has 0 amide bonds. The first-order valence-electron chi connectivity index (χ1n) is 6.52. The van der Waals surface area contributed by atoms with Crippen LogP contribution in [0, 0.1) is 5.82 Å². The van der Waals surface area contributed by atoms with Gasteiger partial charge in [0, 0.05) is 15.5 Å². The summed E-state index contributed by atoms with van der Waals surface area (Å²) in [6.07, 6.45) is 0.721. The van der Waals surface area contributed by atoms with Gasteiger partial charge in [0.15, 0.2) is 0 Å². The van der Waals surface area contributed by atoms with E-state index in [4.69, 9.17) is 11.6 Å². The minimum Gasteiger partial charge on any atom is -0.310 e.